The Morgan fingerprint density at radius 3 is 2.50 bits per heavy atom. The van der Waals surface area contributed by atoms with Crippen molar-refractivity contribution in [3.63, 3.8) is 0 Å². The molecule has 96 valence electrons. The highest BCUT2D eigenvalue weighted by Crippen LogP contribution is 2.39. The van der Waals surface area contributed by atoms with Gasteiger partial charge in [-0.15, -0.1) is 11.6 Å². The molecule has 0 spiro atoms. The zero-order chi connectivity index (χ0) is 13.1. The molecule has 0 saturated carbocycles. The maximum absolute atomic E-state index is 6.45. The zero-order valence-electron chi connectivity index (χ0n) is 9.94. The molecule has 2 rings (SSSR count). The number of methoxy groups -OCH3 is 2. The average Bonchev–Trinajstić information content (AvgIpc) is 2.83. The number of ether oxygens (including phenoxy) is 2. The Labute approximate surface area is 119 Å². The first-order valence-corrected chi connectivity index (χ1v) is 6.49. The largest absolute Gasteiger partial charge is 0.497 e. The van der Waals surface area contributed by atoms with Gasteiger partial charge in [-0.2, -0.15) is 0 Å². The number of halogens is 2. The molecule has 1 aromatic heterocycles. The van der Waals surface area contributed by atoms with Gasteiger partial charge in [-0.25, -0.2) is 0 Å². The van der Waals surface area contributed by atoms with E-state index in [-0.39, 0.29) is 5.38 Å². The third-order valence-corrected chi connectivity index (χ3v) is 3.75. The summed E-state index contributed by atoms with van der Waals surface area (Å²) in [4.78, 5) is 0. The monoisotopic (exact) mass is 330 g/mol. The van der Waals surface area contributed by atoms with Crippen molar-refractivity contribution in [3.05, 3.63) is 46.3 Å². The van der Waals surface area contributed by atoms with E-state index in [0.717, 1.165) is 16.9 Å². The van der Waals surface area contributed by atoms with Crippen molar-refractivity contribution in [1.82, 2.24) is 0 Å². The molecule has 1 atom stereocenters. The van der Waals surface area contributed by atoms with Crippen molar-refractivity contribution in [2.75, 3.05) is 14.2 Å². The van der Waals surface area contributed by atoms with Crippen LogP contribution in [0.1, 0.15) is 16.5 Å². The Morgan fingerprint density at radius 1 is 1.17 bits per heavy atom. The number of benzene rings is 1. The SMILES string of the molecule is COc1ccc(C(Cl)c2ccoc2Br)c(OC)c1. The van der Waals surface area contributed by atoms with E-state index in [1.165, 1.54) is 0 Å². The summed E-state index contributed by atoms with van der Waals surface area (Å²) in [5, 5.41) is -0.348. The molecule has 0 amide bonds. The second-order valence-electron chi connectivity index (χ2n) is 3.62. The highest BCUT2D eigenvalue weighted by Gasteiger charge is 2.20. The van der Waals surface area contributed by atoms with Crippen molar-refractivity contribution in [2.45, 2.75) is 5.38 Å². The summed E-state index contributed by atoms with van der Waals surface area (Å²) >= 11 is 9.77. The Balaban J connectivity index is 2.41. The summed E-state index contributed by atoms with van der Waals surface area (Å²) in [7, 11) is 3.21. The van der Waals surface area contributed by atoms with Crippen LogP contribution < -0.4 is 9.47 Å². The molecule has 1 heterocycles. The first-order valence-electron chi connectivity index (χ1n) is 5.26. The van der Waals surface area contributed by atoms with Gasteiger partial charge in [0.1, 0.15) is 11.5 Å². The molecule has 0 aliphatic carbocycles. The fourth-order valence-electron chi connectivity index (χ4n) is 1.68. The van der Waals surface area contributed by atoms with Gasteiger partial charge in [0.2, 0.25) is 0 Å². The minimum atomic E-state index is -0.348. The predicted octanol–water partition coefficient (Wildman–Crippen LogP) is 4.39. The quantitative estimate of drug-likeness (QED) is 0.779. The number of alkyl halides is 1. The molecule has 18 heavy (non-hydrogen) atoms. The Kier molecular flexibility index (Phi) is 4.19. The van der Waals surface area contributed by atoms with Gasteiger partial charge in [-0.3, -0.25) is 0 Å². The molecule has 1 unspecified atom stereocenters. The van der Waals surface area contributed by atoms with Crippen molar-refractivity contribution in [2.24, 2.45) is 0 Å². The first-order chi connectivity index (χ1) is 8.67. The van der Waals surface area contributed by atoms with Gasteiger partial charge >= 0.3 is 0 Å². The summed E-state index contributed by atoms with van der Waals surface area (Å²) in [6.45, 7) is 0. The molecule has 2 aromatic rings. The number of hydrogen-bond acceptors (Lipinski definition) is 3. The average molecular weight is 332 g/mol. The van der Waals surface area contributed by atoms with Crippen LogP contribution in [0.2, 0.25) is 0 Å². The lowest BCUT2D eigenvalue weighted by Gasteiger charge is -2.14. The number of furan rings is 1. The minimum absolute atomic E-state index is 0.348. The van der Waals surface area contributed by atoms with E-state index in [2.05, 4.69) is 15.9 Å². The molecule has 0 N–H and O–H groups in total. The molecule has 0 radical (unpaired) electrons. The summed E-state index contributed by atoms with van der Waals surface area (Å²) < 4.78 is 16.3. The van der Waals surface area contributed by atoms with Crippen LogP contribution in [0.5, 0.6) is 11.5 Å². The fourth-order valence-corrected chi connectivity index (χ4v) is 2.63. The van der Waals surface area contributed by atoms with Gasteiger partial charge in [0.25, 0.3) is 0 Å². The lowest BCUT2D eigenvalue weighted by atomic mass is 10.1. The van der Waals surface area contributed by atoms with E-state index < -0.39 is 0 Å². The smallest absolute Gasteiger partial charge is 0.173 e. The van der Waals surface area contributed by atoms with Gasteiger partial charge in [-0.1, -0.05) is 0 Å². The third kappa shape index (κ3) is 2.49. The van der Waals surface area contributed by atoms with Crippen molar-refractivity contribution < 1.29 is 13.9 Å². The lowest BCUT2D eigenvalue weighted by molar-refractivity contribution is 0.391. The normalized spacial score (nSPS) is 12.2. The van der Waals surface area contributed by atoms with E-state index in [1.807, 2.05) is 18.2 Å². The highest BCUT2D eigenvalue weighted by atomic mass is 79.9. The molecule has 0 aliphatic rings. The van der Waals surface area contributed by atoms with Gasteiger partial charge in [0, 0.05) is 17.2 Å². The molecule has 1 aromatic carbocycles. The number of rotatable bonds is 4. The van der Waals surface area contributed by atoms with E-state index in [0.29, 0.717) is 10.4 Å². The molecule has 0 fully saturated rings. The molecule has 5 heteroatoms. The Morgan fingerprint density at radius 2 is 1.94 bits per heavy atom. The molecule has 3 nitrogen and oxygen atoms in total. The maximum atomic E-state index is 6.45. The van der Waals surface area contributed by atoms with E-state index >= 15 is 0 Å². The lowest BCUT2D eigenvalue weighted by Crippen LogP contribution is -1.97. The van der Waals surface area contributed by atoms with E-state index in [1.54, 1.807) is 26.5 Å². The maximum Gasteiger partial charge on any atom is 0.173 e. The standard InChI is InChI=1S/C13H12BrClO3/c1-16-8-3-4-9(11(7-8)17-2)12(15)10-5-6-18-13(10)14/h3-7,12H,1-2H3. The van der Waals surface area contributed by atoms with Crippen LogP contribution in [0.15, 0.2) is 39.6 Å². The third-order valence-electron chi connectivity index (χ3n) is 2.63. The highest BCUT2D eigenvalue weighted by molar-refractivity contribution is 9.10. The van der Waals surface area contributed by atoms with Crippen LogP contribution >= 0.6 is 27.5 Å². The van der Waals surface area contributed by atoms with Crippen molar-refractivity contribution in [3.8, 4) is 11.5 Å². The van der Waals surface area contributed by atoms with Crippen LogP contribution in [-0.2, 0) is 0 Å². The second kappa shape index (κ2) is 5.67. The minimum Gasteiger partial charge on any atom is -0.497 e. The predicted molar refractivity (Wildman–Crippen MR) is 73.7 cm³/mol. The van der Waals surface area contributed by atoms with Crippen LogP contribution in [0, 0.1) is 0 Å². The summed E-state index contributed by atoms with van der Waals surface area (Å²) in [6, 6.07) is 7.36. The Bertz CT molecular complexity index is 539. The first kappa shape index (κ1) is 13.3. The van der Waals surface area contributed by atoms with Crippen molar-refractivity contribution in [1.29, 1.82) is 0 Å². The summed E-state index contributed by atoms with van der Waals surface area (Å²) in [5.41, 5.74) is 1.72. The molecule has 0 bridgehead atoms. The molecular formula is C13H12BrClO3. The molecule has 0 saturated heterocycles. The van der Waals surface area contributed by atoms with Crippen LogP contribution in [0.3, 0.4) is 0 Å². The van der Waals surface area contributed by atoms with Gasteiger partial charge in [-0.05, 0) is 34.1 Å². The molecular weight excluding hydrogens is 319 g/mol. The van der Waals surface area contributed by atoms with Crippen molar-refractivity contribution >= 4 is 27.5 Å². The van der Waals surface area contributed by atoms with Gasteiger partial charge in [0.15, 0.2) is 4.67 Å². The summed E-state index contributed by atoms with van der Waals surface area (Å²) in [5.74, 6) is 1.41. The number of hydrogen-bond donors (Lipinski definition) is 0. The summed E-state index contributed by atoms with van der Waals surface area (Å²) in [6.07, 6.45) is 1.59. The van der Waals surface area contributed by atoms with Gasteiger partial charge < -0.3 is 13.9 Å². The fraction of sp³-hybridized carbons (Fsp3) is 0.231. The van der Waals surface area contributed by atoms with Crippen LogP contribution in [-0.4, -0.2) is 14.2 Å². The Hall–Kier alpha value is -1.13. The molecule has 0 aliphatic heterocycles. The zero-order valence-corrected chi connectivity index (χ0v) is 12.3. The van der Waals surface area contributed by atoms with Crippen LogP contribution in [0.4, 0.5) is 0 Å². The second-order valence-corrected chi connectivity index (χ2v) is 4.78. The van der Waals surface area contributed by atoms with Gasteiger partial charge in [0.05, 0.1) is 25.9 Å². The topological polar surface area (TPSA) is 31.6 Å². The van der Waals surface area contributed by atoms with Crippen LogP contribution in [0.25, 0.3) is 0 Å². The van der Waals surface area contributed by atoms with E-state index in [9.17, 15) is 0 Å². The van der Waals surface area contributed by atoms with E-state index in [4.69, 9.17) is 25.5 Å².